The summed E-state index contributed by atoms with van der Waals surface area (Å²) in [4.78, 5) is 11.6. The molecule has 0 fully saturated rings. The summed E-state index contributed by atoms with van der Waals surface area (Å²) in [5, 5.41) is 19.8. The SMILES string of the molecule is C=C(C(C)CC(C)/C=C/C=C/C=C(\C)C(CC(C)(C)C)OC)C(C)C(O)/C(C)=C/C(C)C(=O)CO. The second kappa shape index (κ2) is 16.1. The second-order valence-corrected chi connectivity index (χ2v) is 11.4. The molecule has 4 heteroatoms. The minimum absolute atomic E-state index is 0.122. The van der Waals surface area contributed by atoms with Gasteiger partial charge in [-0.15, -0.1) is 0 Å². The van der Waals surface area contributed by atoms with Gasteiger partial charge in [-0.2, -0.15) is 0 Å². The van der Waals surface area contributed by atoms with Gasteiger partial charge in [0, 0.05) is 18.9 Å². The largest absolute Gasteiger partial charge is 0.389 e. The van der Waals surface area contributed by atoms with Crippen molar-refractivity contribution in [1.29, 1.82) is 0 Å². The molecule has 0 spiro atoms. The molecule has 0 aromatic heterocycles. The summed E-state index contributed by atoms with van der Waals surface area (Å²) in [6, 6.07) is 0. The molecular formula is C31H52O4. The Labute approximate surface area is 215 Å². The van der Waals surface area contributed by atoms with E-state index in [4.69, 9.17) is 9.84 Å². The monoisotopic (exact) mass is 488 g/mol. The first kappa shape index (κ1) is 33.2. The van der Waals surface area contributed by atoms with E-state index in [-0.39, 0.29) is 29.1 Å². The zero-order chi connectivity index (χ0) is 27.3. The zero-order valence-electron chi connectivity index (χ0n) is 24.0. The average Bonchev–Trinajstić information content (AvgIpc) is 2.78. The average molecular weight is 489 g/mol. The number of carbonyl (C=O) groups is 1. The molecule has 6 atom stereocenters. The molecule has 0 aliphatic carbocycles. The first-order valence-electron chi connectivity index (χ1n) is 12.9. The van der Waals surface area contributed by atoms with Gasteiger partial charge in [-0.3, -0.25) is 4.79 Å². The highest BCUT2D eigenvalue weighted by atomic mass is 16.5. The standard InChI is InChI=1S/C31H52O4/c1-21(15-13-12-14-16-22(2)29(35-11)19-31(8,9)10)17-23(3)26(6)27(7)30(34)25(5)18-24(4)28(33)20-32/h12-16,18,21,23-24,27,29-30,32,34H,6,17,19-20H2,1-5,7-11H3/b14-12+,15-13+,22-16+,25-18+. The number of rotatable bonds is 15. The van der Waals surface area contributed by atoms with Gasteiger partial charge in [0.25, 0.3) is 0 Å². The van der Waals surface area contributed by atoms with Crippen LogP contribution in [-0.4, -0.2) is 41.9 Å². The third-order valence-electron chi connectivity index (χ3n) is 6.67. The van der Waals surface area contributed by atoms with E-state index in [0.29, 0.717) is 5.92 Å². The lowest BCUT2D eigenvalue weighted by Crippen LogP contribution is -2.25. The van der Waals surface area contributed by atoms with Crippen LogP contribution in [0.3, 0.4) is 0 Å². The summed E-state index contributed by atoms with van der Waals surface area (Å²) in [6.07, 6.45) is 13.6. The highest BCUT2D eigenvalue weighted by molar-refractivity contribution is 5.83. The van der Waals surface area contributed by atoms with Gasteiger partial charge >= 0.3 is 0 Å². The number of aliphatic hydroxyl groups excluding tert-OH is 2. The Hall–Kier alpha value is -1.75. The molecule has 0 heterocycles. The fourth-order valence-electron chi connectivity index (χ4n) is 4.18. The maximum absolute atomic E-state index is 11.6. The summed E-state index contributed by atoms with van der Waals surface area (Å²) in [6.45, 7) is 22.4. The fourth-order valence-corrected chi connectivity index (χ4v) is 4.18. The van der Waals surface area contributed by atoms with Crippen LogP contribution in [0.25, 0.3) is 0 Å². The molecule has 0 aliphatic heterocycles. The van der Waals surface area contributed by atoms with Crippen molar-refractivity contribution < 1.29 is 19.7 Å². The molecule has 0 radical (unpaired) electrons. The molecule has 0 rings (SSSR count). The molecule has 0 amide bonds. The van der Waals surface area contributed by atoms with Gasteiger partial charge in [-0.05, 0) is 55.1 Å². The summed E-state index contributed by atoms with van der Waals surface area (Å²) < 4.78 is 5.66. The zero-order valence-corrected chi connectivity index (χ0v) is 24.0. The van der Waals surface area contributed by atoms with Crippen LogP contribution >= 0.6 is 0 Å². The van der Waals surface area contributed by atoms with E-state index in [2.05, 4.69) is 78.5 Å². The number of hydrogen-bond acceptors (Lipinski definition) is 4. The lowest BCUT2D eigenvalue weighted by molar-refractivity contribution is -0.123. The molecule has 0 saturated heterocycles. The van der Waals surface area contributed by atoms with Gasteiger partial charge in [0.05, 0.1) is 12.2 Å². The normalized spacial score (nSPS) is 19.0. The molecule has 0 aliphatic rings. The molecule has 4 nitrogen and oxygen atoms in total. The maximum Gasteiger partial charge on any atom is 0.164 e. The van der Waals surface area contributed by atoms with Gasteiger partial charge < -0.3 is 14.9 Å². The number of aliphatic hydroxyl groups is 2. The third-order valence-corrected chi connectivity index (χ3v) is 6.67. The van der Waals surface area contributed by atoms with Gasteiger partial charge in [-0.25, -0.2) is 0 Å². The van der Waals surface area contributed by atoms with Crippen molar-refractivity contribution >= 4 is 5.78 Å². The predicted molar refractivity (Wildman–Crippen MR) is 149 cm³/mol. The van der Waals surface area contributed by atoms with E-state index in [0.717, 1.165) is 24.0 Å². The molecule has 0 bridgehead atoms. The minimum Gasteiger partial charge on any atom is -0.389 e. The molecule has 2 N–H and O–H groups in total. The fraction of sp³-hybridized carbons (Fsp3) is 0.645. The highest BCUT2D eigenvalue weighted by Gasteiger charge is 2.24. The van der Waals surface area contributed by atoms with E-state index in [9.17, 15) is 9.90 Å². The Kier molecular flexibility index (Phi) is 15.3. The van der Waals surface area contributed by atoms with Crippen molar-refractivity contribution in [2.75, 3.05) is 13.7 Å². The number of allylic oxidation sites excluding steroid dienone is 6. The number of ether oxygens (including phenoxy) is 1. The Morgan fingerprint density at radius 1 is 1.03 bits per heavy atom. The Balaban J connectivity index is 4.91. The van der Waals surface area contributed by atoms with Gasteiger partial charge in [0.2, 0.25) is 0 Å². The van der Waals surface area contributed by atoms with Crippen LogP contribution in [0.1, 0.15) is 75.2 Å². The van der Waals surface area contributed by atoms with E-state index in [1.54, 1.807) is 20.1 Å². The van der Waals surface area contributed by atoms with Crippen LogP contribution in [0.15, 0.2) is 59.8 Å². The topological polar surface area (TPSA) is 66.8 Å². The lowest BCUT2D eigenvalue weighted by atomic mass is 9.81. The molecule has 6 unspecified atom stereocenters. The van der Waals surface area contributed by atoms with Crippen LogP contribution in [0, 0.1) is 29.1 Å². The Bertz CT molecular complexity index is 778. The lowest BCUT2D eigenvalue weighted by Gasteiger charge is -2.27. The van der Waals surface area contributed by atoms with Crippen LogP contribution < -0.4 is 0 Å². The van der Waals surface area contributed by atoms with E-state index < -0.39 is 18.6 Å². The van der Waals surface area contributed by atoms with Gasteiger partial charge in [-0.1, -0.05) is 97.1 Å². The number of ketones is 1. The number of hydrogen-bond donors (Lipinski definition) is 2. The van der Waals surface area contributed by atoms with Gasteiger partial charge in [0.15, 0.2) is 5.78 Å². The van der Waals surface area contributed by atoms with Crippen molar-refractivity contribution in [3.05, 3.63) is 59.8 Å². The van der Waals surface area contributed by atoms with Crippen molar-refractivity contribution in [2.24, 2.45) is 29.1 Å². The number of carbonyl (C=O) groups excluding carboxylic acids is 1. The Morgan fingerprint density at radius 2 is 1.63 bits per heavy atom. The summed E-state index contributed by atoms with van der Waals surface area (Å²) in [5.74, 6) is -0.172. The molecule has 35 heavy (non-hydrogen) atoms. The molecule has 0 aromatic carbocycles. The molecular weight excluding hydrogens is 436 g/mol. The summed E-state index contributed by atoms with van der Waals surface area (Å²) in [7, 11) is 1.77. The van der Waals surface area contributed by atoms with E-state index >= 15 is 0 Å². The number of methoxy groups -OCH3 is 1. The van der Waals surface area contributed by atoms with Crippen LogP contribution in [0.2, 0.25) is 0 Å². The van der Waals surface area contributed by atoms with E-state index in [1.807, 2.05) is 13.8 Å². The summed E-state index contributed by atoms with van der Waals surface area (Å²) >= 11 is 0. The predicted octanol–water partition coefficient (Wildman–Crippen LogP) is 6.86. The van der Waals surface area contributed by atoms with Crippen LogP contribution in [0.4, 0.5) is 0 Å². The number of Topliss-reactive ketones (excluding diaryl/α,β-unsaturated/α-hetero) is 1. The van der Waals surface area contributed by atoms with Crippen molar-refractivity contribution in [3.63, 3.8) is 0 Å². The van der Waals surface area contributed by atoms with Crippen molar-refractivity contribution in [2.45, 2.75) is 87.4 Å². The quantitative estimate of drug-likeness (QED) is 0.195. The van der Waals surface area contributed by atoms with Gasteiger partial charge in [0.1, 0.15) is 6.61 Å². The molecule has 200 valence electrons. The Morgan fingerprint density at radius 3 is 2.14 bits per heavy atom. The van der Waals surface area contributed by atoms with Crippen molar-refractivity contribution in [1.82, 2.24) is 0 Å². The molecule has 0 aromatic rings. The van der Waals surface area contributed by atoms with E-state index in [1.165, 1.54) is 5.57 Å². The first-order valence-corrected chi connectivity index (χ1v) is 12.9. The van der Waals surface area contributed by atoms with Crippen LogP contribution in [-0.2, 0) is 9.53 Å². The molecule has 0 saturated carbocycles. The highest BCUT2D eigenvalue weighted by Crippen LogP contribution is 2.30. The smallest absolute Gasteiger partial charge is 0.164 e. The maximum atomic E-state index is 11.6. The minimum atomic E-state index is -0.697. The summed E-state index contributed by atoms with van der Waals surface area (Å²) in [5.41, 5.74) is 3.18. The van der Waals surface area contributed by atoms with Crippen LogP contribution in [0.5, 0.6) is 0 Å². The van der Waals surface area contributed by atoms with Crippen molar-refractivity contribution in [3.8, 4) is 0 Å². The second-order valence-electron chi connectivity index (χ2n) is 11.4. The third kappa shape index (κ3) is 13.2. The first-order chi connectivity index (χ1) is 16.1.